The lowest BCUT2D eigenvalue weighted by Gasteiger charge is -2.38. The van der Waals surface area contributed by atoms with E-state index in [2.05, 4.69) is 20.8 Å². The van der Waals surface area contributed by atoms with Gasteiger partial charge in [-0.05, 0) is 5.82 Å². The summed E-state index contributed by atoms with van der Waals surface area (Å²) in [6.45, 7) is 7.34. The molecule has 0 radical (unpaired) electrons. The highest BCUT2D eigenvalue weighted by Crippen LogP contribution is 2.52. The van der Waals surface area contributed by atoms with Crippen molar-refractivity contribution in [1.82, 2.24) is 0 Å². The van der Waals surface area contributed by atoms with Gasteiger partial charge in [-0.25, -0.2) is 0 Å². The molecule has 2 saturated heterocycles. The third-order valence-electron chi connectivity index (χ3n) is 3.23. The van der Waals surface area contributed by atoms with Crippen LogP contribution in [0, 0.1) is 5.82 Å². The van der Waals surface area contributed by atoms with E-state index in [0.29, 0.717) is 0 Å². The van der Waals surface area contributed by atoms with Gasteiger partial charge in [-0.15, -0.1) is 0 Å². The van der Waals surface area contributed by atoms with Crippen LogP contribution in [0.15, 0.2) is 0 Å². The molecule has 0 aromatic heterocycles. The largest absolute Gasteiger partial charge is 0.523 e. The Morgan fingerprint density at radius 2 is 1.58 bits per heavy atom. The fourth-order valence-electron chi connectivity index (χ4n) is 2.61. The van der Waals surface area contributed by atoms with Crippen molar-refractivity contribution in [2.45, 2.75) is 38.9 Å². The van der Waals surface area contributed by atoms with Gasteiger partial charge in [0.05, 0.1) is 12.8 Å². The summed E-state index contributed by atoms with van der Waals surface area (Å²) in [6.07, 6.45) is 2.24. The summed E-state index contributed by atoms with van der Waals surface area (Å²) in [7, 11) is 0. The second-order valence-electron chi connectivity index (χ2n) is 4.98. The molecular formula is C9H17BO2. The molecule has 0 unspecified atom stereocenters. The van der Waals surface area contributed by atoms with Gasteiger partial charge in [-0.3, -0.25) is 0 Å². The van der Waals surface area contributed by atoms with Crippen LogP contribution in [-0.4, -0.2) is 19.8 Å². The molecule has 0 N–H and O–H groups in total. The molecule has 2 heterocycles. The van der Waals surface area contributed by atoms with Gasteiger partial charge in [0.25, 0.3) is 0 Å². The molecule has 0 saturated carbocycles. The SMILES string of the molecule is CC(C)(C)[B-]12OCC[C+]1CCO2. The topological polar surface area (TPSA) is 18.5 Å². The fraction of sp³-hybridized carbons (Fsp3) is 0.889. The first-order valence-electron chi connectivity index (χ1n) is 4.83. The second-order valence-corrected chi connectivity index (χ2v) is 4.98. The van der Waals surface area contributed by atoms with Crippen molar-refractivity contribution in [3.8, 4) is 0 Å². The van der Waals surface area contributed by atoms with E-state index in [9.17, 15) is 0 Å². The highest BCUT2D eigenvalue weighted by atomic mass is 16.6. The van der Waals surface area contributed by atoms with Crippen molar-refractivity contribution < 1.29 is 9.31 Å². The number of hydrogen-bond donors (Lipinski definition) is 0. The van der Waals surface area contributed by atoms with E-state index in [1.165, 1.54) is 5.82 Å². The Morgan fingerprint density at radius 1 is 1.08 bits per heavy atom. The Hall–Kier alpha value is -0.145. The zero-order valence-corrected chi connectivity index (χ0v) is 8.22. The van der Waals surface area contributed by atoms with Crippen LogP contribution < -0.4 is 0 Å². The minimum atomic E-state index is -1.03. The van der Waals surface area contributed by atoms with Gasteiger partial charge in [0.2, 0.25) is 0 Å². The summed E-state index contributed by atoms with van der Waals surface area (Å²) in [5, 5.41) is 0.141. The van der Waals surface area contributed by atoms with Gasteiger partial charge in [0, 0.05) is 13.2 Å². The Morgan fingerprint density at radius 3 is 1.92 bits per heavy atom. The van der Waals surface area contributed by atoms with Crippen molar-refractivity contribution >= 4 is 6.55 Å². The standard InChI is InChI=1S/C9H17BO2/c1-9(2,3)10-8(4-6-11-10)5-7-12-10/h4-7H2,1-3H3. The first-order valence-corrected chi connectivity index (χ1v) is 4.83. The van der Waals surface area contributed by atoms with Gasteiger partial charge in [0.15, 0.2) is 0 Å². The molecule has 0 aliphatic carbocycles. The summed E-state index contributed by atoms with van der Waals surface area (Å²) < 4.78 is 11.7. The van der Waals surface area contributed by atoms with E-state index in [-0.39, 0.29) is 5.31 Å². The second kappa shape index (κ2) is 2.42. The van der Waals surface area contributed by atoms with Crippen molar-refractivity contribution in [1.29, 1.82) is 0 Å². The molecule has 2 nitrogen and oxygen atoms in total. The molecule has 0 atom stereocenters. The normalized spacial score (nSPS) is 27.8. The van der Waals surface area contributed by atoms with Crippen LogP contribution in [0.25, 0.3) is 0 Å². The zero-order valence-electron chi connectivity index (χ0n) is 8.22. The van der Waals surface area contributed by atoms with Gasteiger partial charge in [-0.1, -0.05) is 26.1 Å². The molecule has 0 amide bonds. The van der Waals surface area contributed by atoms with E-state index < -0.39 is 6.55 Å². The molecule has 3 heteroatoms. The monoisotopic (exact) mass is 168 g/mol. The summed E-state index contributed by atoms with van der Waals surface area (Å²) in [4.78, 5) is 0. The van der Waals surface area contributed by atoms with Gasteiger partial charge < -0.3 is 9.31 Å². The summed E-state index contributed by atoms with van der Waals surface area (Å²) in [6, 6.07) is 0. The van der Waals surface area contributed by atoms with Gasteiger partial charge in [-0.2, -0.15) is 0 Å². The van der Waals surface area contributed by atoms with Crippen LogP contribution >= 0.6 is 0 Å². The summed E-state index contributed by atoms with van der Waals surface area (Å²) >= 11 is 0. The van der Waals surface area contributed by atoms with Crippen molar-refractivity contribution in [3.05, 3.63) is 5.82 Å². The Kier molecular flexibility index (Phi) is 1.71. The average molecular weight is 168 g/mol. The fourth-order valence-corrected chi connectivity index (χ4v) is 2.61. The molecule has 0 spiro atoms. The van der Waals surface area contributed by atoms with E-state index in [4.69, 9.17) is 9.31 Å². The van der Waals surface area contributed by atoms with Crippen LogP contribution in [0.1, 0.15) is 33.6 Å². The number of hydrogen-bond acceptors (Lipinski definition) is 2. The molecule has 0 aromatic carbocycles. The lowest BCUT2D eigenvalue weighted by molar-refractivity contribution is 0.193. The molecule has 0 aromatic rings. The molecular weight excluding hydrogens is 151 g/mol. The van der Waals surface area contributed by atoms with Crippen LogP contribution in [0.4, 0.5) is 0 Å². The van der Waals surface area contributed by atoms with Crippen molar-refractivity contribution in [3.63, 3.8) is 0 Å². The van der Waals surface area contributed by atoms with E-state index in [0.717, 1.165) is 26.1 Å². The lowest BCUT2D eigenvalue weighted by atomic mass is 9.34. The highest BCUT2D eigenvalue weighted by molar-refractivity contribution is 6.77. The minimum absolute atomic E-state index is 0.141. The Labute approximate surface area is 74.6 Å². The van der Waals surface area contributed by atoms with Crippen LogP contribution in [0.2, 0.25) is 5.31 Å². The smallest absolute Gasteiger partial charge is 0.455 e. The third kappa shape index (κ3) is 0.928. The molecule has 0 bridgehead atoms. The predicted octanol–water partition coefficient (Wildman–Crippen LogP) is 2.18. The number of rotatable bonds is 0. The van der Waals surface area contributed by atoms with Crippen LogP contribution in [0.3, 0.4) is 0 Å². The maximum absolute atomic E-state index is 5.83. The van der Waals surface area contributed by atoms with E-state index in [1.54, 1.807) is 0 Å². The molecule has 2 fully saturated rings. The summed E-state index contributed by atoms with van der Waals surface area (Å²) in [5.41, 5.74) is 0. The third-order valence-corrected chi connectivity index (χ3v) is 3.23. The first-order chi connectivity index (χ1) is 5.56. The molecule has 2 aliphatic rings. The maximum Gasteiger partial charge on any atom is 0.455 e. The van der Waals surface area contributed by atoms with E-state index in [1.807, 2.05) is 0 Å². The number of fused-ring (bicyclic) bond motifs is 1. The van der Waals surface area contributed by atoms with Gasteiger partial charge in [0.1, 0.15) is 0 Å². The van der Waals surface area contributed by atoms with Crippen LogP contribution in [-0.2, 0) is 9.31 Å². The molecule has 2 rings (SSSR count). The Balaban J connectivity index is 2.28. The average Bonchev–Trinajstić information content (AvgIpc) is 2.37. The zero-order chi connectivity index (χ0) is 8.82. The van der Waals surface area contributed by atoms with E-state index >= 15 is 0 Å². The van der Waals surface area contributed by atoms with Crippen LogP contribution in [0.5, 0.6) is 0 Å². The quantitative estimate of drug-likeness (QED) is 0.407. The first kappa shape index (κ1) is 8.45. The maximum atomic E-state index is 5.83. The minimum Gasteiger partial charge on any atom is -0.523 e. The highest BCUT2D eigenvalue weighted by Gasteiger charge is 2.61. The molecule has 12 heavy (non-hydrogen) atoms. The van der Waals surface area contributed by atoms with Crippen molar-refractivity contribution in [2.24, 2.45) is 0 Å². The molecule has 2 aliphatic heterocycles. The Bertz CT molecular complexity index is 175. The van der Waals surface area contributed by atoms with Gasteiger partial charge >= 0.3 is 6.55 Å². The summed E-state index contributed by atoms with van der Waals surface area (Å²) in [5.74, 6) is 1.53. The molecule has 68 valence electrons. The lowest BCUT2D eigenvalue weighted by Crippen LogP contribution is -2.48. The van der Waals surface area contributed by atoms with Crippen molar-refractivity contribution in [2.75, 3.05) is 13.2 Å². The predicted molar refractivity (Wildman–Crippen MR) is 49.9 cm³/mol.